The van der Waals surface area contributed by atoms with Crippen LogP contribution in [0.5, 0.6) is 0 Å². The summed E-state index contributed by atoms with van der Waals surface area (Å²) in [5.74, 6) is 1.54. The van der Waals surface area contributed by atoms with Crippen LogP contribution in [-0.4, -0.2) is 48.3 Å². The maximum atomic E-state index is 9.67. The Kier molecular flexibility index (Phi) is 7.49. The molecule has 1 aliphatic carbocycles. The van der Waals surface area contributed by atoms with Crippen molar-refractivity contribution in [1.29, 1.82) is 0 Å². The molecular weight excluding hydrogens is 248 g/mol. The summed E-state index contributed by atoms with van der Waals surface area (Å²) < 4.78 is 0. The molecule has 0 heterocycles. The van der Waals surface area contributed by atoms with Gasteiger partial charge in [-0.05, 0) is 64.1 Å². The molecule has 0 radical (unpaired) electrons. The predicted molar refractivity (Wildman–Crippen MR) is 87.0 cm³/mol. The van der Waals surface area contributed by atoms with Gasteiger partial charge < -0.3 is 15.3 Å². The molecule has 0 aromatic heterocycles. The van der Waals surface area contributed by atoms with Crippen LogP contribution in [0.2, 0.25) is 0 Å². The van der Waals surface area contributed by atoms with Crippen LogP contribution in [0.3, 0.4) is 0 Å². The van der Waals surface area contributed by atoms with Crippen molar-refractivity contribution in [2.45, 2.75) is 71.4 Å². The van der Waals surface area contributed by atoms with E-state index in [0.717, 1.165) is 24.7 Å². The van der Waals surface area contributed by atoms with Crippen molar-refractivity contribution < 1.29 is 5.11 Å². The highest BCUT2D eigenvalue weighted by Crippen LogP contribution is 2.33. The maximum absolute atomic E-state index is 9.67. The smallest absolute Gasteiger partial charge is 0.0613 e. The fourth-order valence-corrected chi connectivity index (χ4v) is 3.18. The lowest BCUT2D eigenvalue weighted by Gasteiger charge is -2.32. The van der Waals surface area contributed by atoms with Crippen LogP contribution < -0.4 is 5.32 Å². The van der Waals surface area contributed by atoms with Gasteiger partial charge in [0.1, 0.15) is 0 Å². The molecule has 0 aromatic carbocycles. The van der Waals surface area contributed by atoms with Gasteiger partial charge in [0.15, 0.2) is 0 Å². The van der Waals surface area contributed by atoms with Gasteiger partial charge >= 0.3 is 0 Å². The minimum atomic E-state index is -0.0292. The second kappa shape index (κ2) is 8.35. The van der Waals surface area contributed by atoms with Crippen molar-refractivity contribution in [3.8, 4) is 0 Å². The van der Waals surface area contributed by atoms with E-state index in [4.69, 9.17) is 0 Å². The molecule has 0 saturated heterocycles. The Morgan fingerprint density at radius 2 is 1.70 bits per heavy atom. The van der Waals surface area contributed by atoms with Gasteiger partial charge in [-0.1, -0.05) is 27.7 Å². The molecule has 1 rings (SSSR count). The number of hydrogen-bond acceptors (Lipinski definition) is 3. The normalized spacial score (nSPS) is 27.1. The van der Waals surface area contributed by atoms with E-state index in [0.29, 0.717) is 6.04 Å². The number of likely N-dealkylation sites (N-methyl/N-ethyl adjacent to an activating group) is 1. The molecule has 20 heavy (non-hydrogen) atoms. The third-order valence-electron chi connectivity index (χ3n) is 4.92. The van der Waals surface area contributed by atoms with Crippen LogP contribution in [0.15, 0.2) is 0 Å². The summed E-state index contributed by atoms with van der Waals surface area (Å²) in [6.07, 6.45) is 5.97. The van der Waals surface area contributed by atoms with E-state index in [1.807, 2.05) is 7.05 Å². The third kappa shape index (κ3) is 5.34. The molecule has 3 heteroatoms. The highest BCUT2D eigenvalue weighted by atomic mass is 16.3. The second-order valence-corrected chi connectivity index (χ2v) is 7.49. The first-order valence-electron chi connectivity index (χ1n) is 8.46. The van der Waals surface area contributed by atoms with E-state index in [1.54, 1.807) is 0 Å². The van der Waals surface area contributed by atoms with Gasteiger partial charge in [0.05, 0.1) is 6.61 Å². The van der Waals surface area contributed by atoms with Crippen molar-refractivity contribution in [2.24, 2.45) is 11.8 Å². The first kappa shape index (κ1) is 17.9. The second-order valence-electron chi connectivity index (χ2n) is 7.49. The average molecular weight is 284 g/mol. The standard InChI is InChI=1S/C17H36N2O/c1-14(2)7-10-19(11-8-15(3)4)16-6-9-17(12-16,13-20)18-5/h14-16,18,20H,6-13H2,1-5H3. The molecule has 0 aliphatic heterocycles. The topological polar surface area (TPSA) is 35.5 Å². The number of nitrogens with one attached hydrogen (secondary N) is 1. The van der Waals surface area contributed by atoms with Crippen molar-refractivity contribution in [3.63, 3.8) is 0 Å². The van der Waals surface area contributed by atoms with Gasteiger partial charge in [0.25, 0.3) is 0 Å². The predicted octanol–water partition coefficient (Wildman–Crippen LogP) is 2.88. The molecule has 2 N–H and O–H groups in total. The van der Waals surface area contributed by atoms with E-state index >= 15 is 0 Å². The Balaban J connectivity index is 2.58. The lowest BCUT2D eigenvalue weighted by atomic mass is 9.98. The fourth-order valence-electron chi connectivity index (χ4n) is 3.18. The lowest BCUT2D eigenvalue weighted by molar-refractivity contribution is 0.141. The number of nitrogens with zero attached hydrogens (tertiary/aromatic N) is 1. The summed E-state index contributed by atoms with van der Waals surface area (Å²) >= 11 is 0. The summed E-state index contributed by atoms with van der Waals surface area (Å²) in [5.41, 5.74) is -0.0292. The maximum Gasteiger partial charge on any atom is 0.0613 e. The minimum absolute atomic E-state index is 0.0292. The molecule has 1 aliphatic rings. The molecule has 3 nitrogen and oxygen atoms in total. The van der Waals surface area contributed by atoms with E-state index in [2.05, 4.69) is 37.9 Å². The van der Waals surface area contributed by atoms with Crippen LogP contribution in [0.25, 0.3) is 0 Å². The van der Waals surface area contributed by atoms with Crippen LogP contribution in [0.1, 0.15) is 59.8 Å². The fraction of sp³-hybridized carbons (Fsp3) is 1.00. The molecule has 2 unspecified atom stereocenters. The van der Waals surface area contributed by atoms with Crippen LogP contribution >= 0.6 is 0 Å². The molecule has 1 saturated carbocycles. The minimum Gasteiger partial charge on any atom is -0.394 e. The Morgan fingerprint density at radius 3 is 2.05 bits per heavy atom. The highest BCUT2D eigenvalue weighted by Gasteiger charge is 2.39. The highest BCUT2D eigenvalue weighted by molar-refractivity contribution is 4.98. The summed E-state index contributed by atoms with van der Waals surface area (Å²) in [5, 5.41) is 13.0. The molecule has 0 bridgehead atoms. The molecule has 0 amide bonds. The monoisotopic (exact) mass is 284 g/mol. The van der Waals surface area contributed by atoms with Crippen LogP contribution in [0.4, 0.5) is 0 Å². The summed E-state index contributed by atoms with van der Waals surface area (Å²) in [6.45, 7) is 11.9. The van der Waals surface area contributed by atoms with Crippen molar-refractivity contribution in [2.75, 3.05) is 26.7 Å². The molecule has 1 fully saturated rings. The third-order valence-corrected chi connectivity index (χ3v) is 4.92. The Morgan fingerprint density at radius 1 is 1.15 bits per heavy atom. The van der Waals surface area contributed by atoms with Crippen LogP contribution in [0, 0.1) is 11.8 Å². The van der Waals surface area contributed by atoms with Crippen molar-refractivity contribution >= 4 is 0 Å². The van der Waals surface area contributed by atoms with Gasteiger partial charge in [0, 0.05) is 11.6 Å². The Bertz CT molecular complexity index is 250. The van der Waals surface area contributed by atoms with Gasteiger partial charge in [-0.3, -0.25) is 0 Å². The average Bonchev–Trinajstić information content (AvgIpc) is 2.83. The quantitative estimate of drug-likeness (QED) is 0.683. The lowest BCUT2D eigenvalue weighted by Crippen LogP contribution is -2.46. The van der Waals surface area contributed by atoms with E-state index in [9.17, 15) is 5.11 Å². The number of aliphatic hydroxyl groups is 1. The summed E-state index contributed by atoms with van der Waals surface area (Å²) in [4.78, 5) is 2.69. The number of rotatable bonds is 9. The molecular formula is C17H36N2O. The van der Waals surface area contributed by atoms with E-state index in [1.165, 1.54) is 32.4 Å². The van der Waals surface area contributed by atoms with E-state index < -0.39 is 0 Å². The van der Waals surface area contributed by atoms with Crippen molar-refractivity contribution in [1.82, 2.24) is 10.2 Å². The zero-order chi connectivity index (χ0) is 15.2. The zero-order valence-corrected chi connectivity index (χ0v) is 14.3. The van der Waals surface area contributed by atoms with E-state index in [-0.39, 0.29) is 12.1 Å². The first-order valence-corrected chi connectivity index (χ1v) is 8.46. The summed E-state index contributed by atoms with van der Waals surface area (Å²) in [6, 6.07) is 0.645. The Labute approximate surface area is 126 Å². The van der Waals surface area contributed by atoms with Gasteiger partial charge in [-0.15, -0.1) is 0 Å². The zero-order valence-electron chi connectivity index (χ0n) is 14.3. The largest absolute Gasteiger partial charge is 0.394 e. The molecule has 0 spiro atoms. The number of aliphatic hydroxyl groups excluding tert-OH is 1. The molecule has 0 aromatic rings. The van der Waals surface area contributed by atoms with Crippen molar-refractivity contribution in [3.05, 3.63) is 0 Å². The van der Waals surface area contributed by atoms with Gasteiger partial charge in [-0.25, -0.2) is 0 Å². The number of hydrogen-bond donors (Lipinski definition) is 2. The molecule has 2 atom stereocenters. The Hall–Kier alpha value is -0.120. The SMILES string of the molecule is CNC1(CO)CCC(N(CCC(C)C)CCC(C)C)C1. The first-order chi connectivity index (χ1) is 9.42. The van der Waals surface area contributed by atoms with Gasteiger partial charge in [0.2, 0.25) is 0 Å². The van der Waals surface area contributed by atoms with Gasteiger partial charge in [-0.2, -0.15) is 0 Å². The summed E-state index contributed by atoms with van der Waals surface area (Å²) in [7, 11) is 1.99. The van der Waals surface area contributed by atoms with Crippen LogP contribution in [-0.2, 0) is 0 Å². The molecule has 120 valence electrons.